The fourth-order valence-corrected chi connectivity index (χ4v) is 2.54. The van der Waals surface area contributed by atoms with Gasteiger partial charge in [-0.3, -0.25) is 0 Å². The van der Waals surface area contributed by atoms with E-state index < -0.39 is 0 Å². The van der Waals surface area contributed by atoms with Gasteiger partial charge in [0.25, 0.3) is 0 Å². The molecule has 1 aromatic carbocycles. The average molecular weight is 219 g/mol. The summed E-state index contributed by atoms with van der Waals surface area (Å²) in [6, 6.07) is 7.95. The molecule has 3 rings (SSSR count). The minimum atomic E-state index is -0.0320. The first-order valence-electron chi connectivity index (χ1n) is 6.29. The largest absolute Gasteiger partial charge is 0.313 e. The summed E-state index contributed by atoms with van der Waals surface area (Å²) in [7, 11) is 0. The molecule has 16 heavy (non-hydrogen) atoms. The van der Waals surface area contributed by atoms with E-state index in [4.69, 9.17) is 0 Å². The van der Waals surface area contributed by atoms with Crippen LogP contribution in [0.4, 0.5) is 4.39 Å². The van der Waals surface area contributed by atoms with Crippen molar-refractivity contribution in [3.8, 4) is 0 Å². The van der Waals surface area contributed by atoms with Crippen molar-refractivity contribution in [2.75, 3.05) is 6.54 Å². The van der Waals surface area contributed by atoms with Crippen LogP contribution in [0, 0.1) is 5.82 Å². The van der Waals surface area contributed by atoms with E-state index in [1.807, 2.05) is 12.1 Å². The molecule has 1 aromatic rings. The lowest BCUT2D eigenvalue weighted by atomic mass is 9.90. The van der Waals surface area contributed by atoms with Crippen LogP contribution < -0.4 is 5.32 Å². The Bertz CT molecular complexity index is 380. The molecule has 0 radical (unpaired) electrons. The van der Waals surface area contributed by atoms with Crippen LogP contribution in [-0.2, 0) is 5.41 Å². The van der Waals surface area contributed by atoms with Crippen molar-refractivity contribution in [1.29, 1.82) is 0 Å². The zero-order valence-corrected chi connectivity index (χ0v) is 9.51. The Morgan fingerprint density at radius 1 is 1.25 bits per heavy atom. The van der Waals surface area contributed by atoms with E-state index in [0.29, 0.717) is 6.04 Å². The van der Waals surface area contributed by atoms with Crippen LogP contribution in [0.15, 0.2) is 24.3 Å². The second kappa shape index (κ2) is 3.85. The quantitative estimate of drug-likeness (QED) is 0.821. The predicted octanol–water partition coefficient (Wildman–Crippen LogP) is 3.00. The first-order valence-corrected chi connectivity index (χ1v) is 6.29. The molecule has 0 amide bonds. The minimum Gasteiger partial charge on any atom is -0.313 e. The summed E-state index contributed by atoms with van der Waals surface area (Å²) >= 11 is 0. The smallest absolute Gasteiger partial charge is 0.127 e. The van der Waals surface area contributed by atoms with Gasteiger partial charge >= 0.3 is 0 Å². The third kappa shape index (κ3) is 1.75. The van der Waals surface area contributed by atoms with Crippen LogP contribution >= 0.6 is 0 Å². The highest BCUT2D eigenvalue weighted by molar-refractivity contribution is 5.33. The molecule has 2 aliphatic rings. The summed E-state index contributed by atoms with van der Waals surface area (Å²) in [5, 5.41) is 3.58. The van der Waals surface area contributed by atoms with Crippen molar-refractivity contribution in [2.24, 2.45) is 0 Å². The highest BCUT2D eigenvalue weighted by atomic mass is 19.1. The lowest BCUT2D eigenvalue weighted by Gasteiger charge is -2.29. The molecular weight excluding hydrogens is 201 g/mol. The summed E-state index contributed by atoms with van der Waals surface area (Å²) in [6.45, 7) is 0.957. The second-order valence-electron chi connectivity index (χ2n) is 5.27. The summed E-state index contributed by atoms with van der Waals surface area (Å²) in [5.41, 5.74) is 1.03. The lowest BCUT2D eigenvalue weighted by molar-refractivity contribution is 0.327. The van der Waals surface area contributed by atoms with Crippen molar-refractivity contribution in [2.45, 2.75) is 43.6 Å². The van der Waals surface area contributed by atoms with E-state index in [2.05, 4.69) is 5.32 Å². The van der Waals surface area contributed by atoms with Crippen molar-refractivity contribution in [3.05, 3.63) is 35.6 Å². The highest BCUT2D eigenvalue weighted by Crippen LogP contribution is 2.48. The molecule has 2 aliphatic carbocycles. The Morgan fingerprint density at radius 2 is 2.00 bits per heavy atom. The van der Waals surface area contributed by atoms with Gasteiger partial charge in [0.1, 0.15) is 5.82 Å². The van der Waals surface area contributed by atoms with Gasteiger partial charge in [0.05, 0.1) is 0 Å². The van der Waals surface area contributed by atoms with Crippen LogP contribution in [0.1, 0.15) is 37.7 Å². The van der Waals surface area contributed by atoms with Gasteiger partial charge in [-0.15, -0.1) is 0 Å². The molecule has 86 valence electrons. The fraction of sp³-hybridized carbons (Fsp3) is 0.571. The first kappa shape index (κ1) is 10.3. The minimum absolute atomic E-state index is 0.0320. The molecule has 2 heteroatoms. The van der Waals surface area contributed by atoms with Crippen LogP contribution in [-0.4, -0.2) is 12.6 Å². The molecular formula is C14H18FN. The molecule has 1 nitrogen and oxygen atoms in total. The topological polar surface area (TPSA) is 12.0 Å². The van der Waals surface area contributed by atoms with E-state index in [0.717, 1.165) is 24.9 Å². The van der Waals surface area contributed by atoms with Gasteiger partial charge in [-0.2, -0.15) is 0 Å². The Kier molecular flexibility index (Phi) is 2.47. The maximum Gasteiger partial charge on any atom is 0.127 e. The lowest BCUT2D eigenvalue weighted by Crippen LogP contribution is -2.40. The zero-order chi connectivity index (χ0) is 11.0. The number of rotatable bonds is 4. The average Bonchev–Trinajstić information content (AvgIpc) is 2.97. The number of benzene rings is 1. The van der Waals surface area contributed by atoms with Crippen molar-refractivity contribution >= 4 is 0 Å². The molecule has 2 fully saturated rings. The number of halogens is 1. The molecule has 2 saturated carbocycles. The Balaban J connectivity index is 1.70. The van der Waals surface area contributed by atoms with Crippen molar-refractivity contribution < 1.29 is 4.39 Å². The van der Waals surface area contributed by atoms with Gasteiger partial charge in [0, 0.05) is 18.0 Å². The SMILES string of the molecule is Fc1ccccc1C1(CNC2CCC2)CC1. The fourth-order valence-electron chi connectivity index (χ4n) is 2.54. The molecule has 1 N–H and O–H groups in total. The first-order chi connectivity index (χ1) is 7.80. The van der Waals surface area contributed by atoms with E-state index >= 15 is 0 Å². The molecule has 0 saturated heterocycles. The van der Waals surface area contributed by atoms with Crippen molar-refractivity contribution in [3.63, 3.8) is 0 Å². The number of hydrogen-bond acceptors (Lipinski definition) is 1. The van der Waals surface area contributed by atoms with Crippen LogP contribution in [0.2, 0.25) is 0 Å². The normalized spacial score (nSPS) is 22.8. The molecule has 0 atom stereocenters. The molecule has 0 unspecified atom stereocenters. The molecule has 0 spiro atoms. The van der Waals surface area contributed by atoms with Crippen LogP contribution in [0.3, 0.4) is 0 Å². The Labute approximate surface area is 96.1 Å². The zero-order valence-electron chi connectivity index (χ0n) is 9.51. The van der Waals surface area contributed by atoms with Crippen molar-refractivity contribution in [1.82, 2.24) is 5.32 Å². The van der Waals surface area contributed by atoms with E-state index in [9.17, 15) is 4.39 Å². The van der Waals surface area contributed by atoms with E-state index in [1.165, 1.54) is 19.3 Å². The highest BCUT2D eigenvalue weighted by Gasteiger charge is 2.45. The number of nitrogens with one attached hydrogen (secondary N) is 1. The summed E-state index contributed by atoms with van der Waals surface area (Å²) in [5.74, 6) is -0.0320. The van der Waals surface area contributed by atoms with Crippen LogP contribution in [0.5, 0.6) is 0 Å². The van der Waals surface area contributed by atoms with E-state index in [1.54, 1.807) is 12.1 Å². The predicted molar refractivity (Wildman–Crippen MR) is 63.0 cm³/mol. The van der Waals surface area contributed by atoms with E-state index in [-0.39, 0.29) is 11.2 Å². The maximum absolute atomic E-state index is 13.7. The molecule has 0 bridgehead atoms. The Hall–Kier alpha value is -0.890. The van der Waals surface area contributed by atoms with Gasteiger partial charge in [-0.25, -0.2) is 4.39 Å². The summed E-state index contributed by atoms with van der Waals surface area (Å²) in [4.78, 5) is 0. The second-order valence-corrected chi connectivity index (χ2v) is 5.27. The molecule has 0 aromatic heterocycles. The third-order valence-corrected chi connectivity index (χ3v) is 4.13. The monoisotopic (exact) mass is 219 g/mol. The van der Waals surface area contributed by atoms with Gasteiger partial charge in [0.15, 0.2) is 0 Å². The Morgan fingerprint density at radius 3 is 2.56 bits per heavy atom. The summed E-state index contributed by atoms with van der Waals surface area (Å²) < 4.78 is 13.7. The number of hydrogen-bond donors (Lipinski definition) is 1. The van der Waals surface area contributed by atoms with Crippen LogP contribution in [0.25, 0.3) is 0 Å². The third-order valence-electron chi connectivity index (χ3n) is 4.13. The molecule has 0 heterocycles. The molecule has 0 aliphatic heterocycles. The maximum atomic E-state index is 13.7. The standard InChI is InChI=1S/C14H18FN/c15-13-7-2-1-6-12(13)14(8-9-14)10-16-11-4-3-5-11/h1-2,6-7,11,16H,3-5,8-10H2. The van der Waals surface area contributed by atoms with Gasteiger partial charge in [-0.05, 0) is 37.3 Å². The van der Waals surface area contributed by atoms with Gasteiger partial charge < -0.3 is 5.32 Å². The van der Waals surface area contributed by atoms with Gasteiger partial charge in [0.2, 0.25) is 0 Å². The summed E-state index contributed by atoms with van der Waals surface area (Å²) in [6.07, 6.45) is 6.21. The van der Waals surface area contributed by atoms with Gasteiger partial charge in [-0.1, -0.05) is 24.6 Å².